The lowest BCUT2D eigenvalue weighted by Crippen LogP contribution is -2.38. The lowest BCUT2D eigenvalue weighted by Gasteiger charge is -2.31. The fraction of sp³-hybridized carbons (Fsp3) is 0.381. The molecule has 1 fully saturated rings. The molecule has 0 radical (unpaired) electrons. The number of carbonyl (C=O) groups excluding carboxylic acids is 1. The topological polar surface area (TPSA) is 32.8 Å². The minimum Gasteiger partial charge on any atom is -0.378 e. The molecule has 0 aromatic heterocycles. The molecular formula is C21H26N2O2. The van der Waals surface area contributed by atoms with Crippen molar-refractivity contribution in [3.8, 4) is 0 Å². The first kappa shape index (κ1) is 17.5. The summed E-state index contributed by atoms with van der Waals surface area (Å²) < 4.78 is 5.43. The van der Waals surface area contributed by atoms with Gasteiger partial charge in [-0.2, -0.15) is 0 Å². The second kappa shape index (κ2) is 8.67. The number of nitrogens with zero attached hydrogens (tertiary/aromatic N) is 2. The van der Waals surface area contributed by atoms with E-state index in [1.165, 1.54) is 5.56 Å². The van der Waals surface area contributed by atoms with Gasteiger partial charge in [0.15, 0.2) is 0 Å². The Hall–Kier alpha value is -2.33. The van der Waals surface area contributed by atoms with Crippen molar-refractivity contribution in [2.45, 2.75) is 12.8 Å². The monoisotopic (exact) mass is 338 g/mol. The van der Waals surface area contributed by atoms with Crippen molar-refractivity contribution in [2.75, 3.05) is 44.8 Å². The van der Waals surface area contributed by atoms with Crippen LogP contribution in [0.4, 0.5) is 5.69 Å². The molecule has 1 amide bonds. The zero-order chi connectivity index (χ0) is 17.5. The van der Waals surface area contributed by atoms with E-state index in [9.17, 15) is 4.79 Å². The lowest BCUT2D eigenvalue weighted by molar-refractivity contribution is 0.0793. The van der Waals surface area contributed by atoms with E-state index in [1.807, 2.05) is 42.3 Å². The van der Waals surface area contributed by atoms with Crippen LogP contribution in [0.25, 0.3) is 0 Å². The smallest absolute Gasteiger partial charge is 0.255 e. The van der Waals surface area contributed by atoms with Crippen LogP contribution in [0.5, 0.6) is 0 Å². The van der Waals surface area contributed by atoms with Crippen LogP contribution in [0.3, 0.4) is 0 Å². The highest BCUT2D eigenvalue weighted by Gasteiger charge is 2.20. The van der Waals surface area contributed by atoms with Gasteiger partial charge in [-0.05, 0) is 30.5 Å². The Labute approximate surface area is 150 Å². The molecule has 0 bridgehead atoms. The number of benzene rings is 2. The molecule has 2 aromatic rings. The molecule has 1 saturated heterocycles. The van der Waals surface area contributed by atoms with E-state index in [1.54, 1.807) is 0 Å². The van der Waals surface area contributed by atoms with Crippen molar-refractivity contribution in [1.29, 1.82) is 0 Å². The van der Waals surface area contributed by atoms with Gasteiger partial charge in [0.1, 0.15) is 0 Å². The molecule has 132 valence electrons. The fourth-order valence-electron chi connectivity index (χ4n) is 3.21. The molecule has 2 aromatic carbocycles. The van der Waals surface area contributed by atoms with Crippen LogP contribution in [0.15, 0.2) is 54.6 Å². The third kappa shape index (κ3) is 4.60. The summed E-state index contributed by atoms with van der Waals surface area (Å²) in [6, 6.07) is 18.3. The van der Waals surface area contributed by atoms with Crippen molar-refractivity contribution < 1.29 is 9.53 Å². The summed E-state index contributed by atoms with van der Waals surface area (Å²) in [6.07, 6.45) is 1.95. The van der Waals surface area contributed by atoms with Gasteiger partial charge in [-0.15, -0.1) is 0 Å². The van der Waals surface area contributed by atoms with Crippen LogP contribution < -0.4 is 4.90 Å². The number of rotatable bonds is 6. The molecule has 1 heterocycles. The zero-order valence-corrected chi connectivity index (χ0v) is 14.9. The predicted molar refractivity (Wildman–Crippen MR) is 101 cm³/mol. The van der Waals surface area contributed by atoms with Crippen molar-refractivity contribution >= 4 is 11.6 Å². The van der Waals surface area contributed by atoms with E-state index in [0.29, 0.717) is 0 Å². The van der Waals surface area contributed by atoms with E-state index in [-0.39, 0.29) is 5.91 Å². The molecule has 1 aliphatic rings. The van der Waals surface area contributed by atoms with E-state index in [0.717, 1.165) is 56.9 Å². The fourth-order valence-corrected chi connectivity index (χ4v) is 3.21. The number of hydrogen-bond acceptors (Lipinski definition) is 3. The predicted octanol–water partition coefficient (Wildman–Crippen LogP) is 3.23. The first-order valence-electron chi connectivity index (χ1n) is 8.97. The SMILES string of the molecule is CN(CCCc1ccccc1)C(=O)c1ccccc1N1CCOCC1. The number of amides is 1. The second-order valence-electron chi connectivity index (χ2n) is 6.43. The average Bonchev–Trinajstić information content (AvgIpc) is 2.69. The van der Waals surface area contributed by atoms with Gasteiger partial charge < -0.3 is 14.5 Å². The molecule has 0 N–H and O–H groups in total. The van der Waals surface area contributed by atoms with Gasteiger partial charge in [-0.25, -0.2) is 0 Å². The molecule has 0 atom stereocenters. The summed E-state index contributed by atoms with van der Waals surface area (Å²) in [5.41, 5.74) is 3.12. The van der Waals surface area contributed by atoms with Crippen LogP contribution in [0.1, 0.15) is 22.3 Å². The average molecular weight is 338 g/mol. The highest BCUT2D eigenvalue weighted by atomic mass is 16.5. The highest BCUT2D eigenvalue weighted by molar-refractivity contribution is 5.99. The number of ether oxygens (including phenoxy) is 1. The summed E-state index contributed by atoms with van der Waals surface area (Å²) in [6.45, 7) is 3.86. The lowest BCUT2D eigenvalue weighted by atomic mass is 10.1. The summed E-state index contributed by atoms with van der Waals surface area (Å²) in [5, 5.41) is 0. The largest absolute Gasteiger partial charge is 0.378 e. The molecule has 4 heteroatoms. The molecular weight excluding hydrogens is 312 g/mol. The first-order valence-corrected chi connectivity index (χ1v) is 8.97. The number of hydrogen-bond donors (Lipinski definition) is 0. The van der Waals surface area contributed by atoms with Gasteiger partial charge in [-0.3, -0.25) is 4.79 Å². The van der Waals surface area contributed by atoms with E-state index in [4.69, 9.17) is 4.74 Å². The van der Waals surface area contributed by atoms with E-state index in [2.05, 4.69) is 29.2 Å². The third-order valence-corrected chi connectivity index (χ3v) is 4.63. The normalized spacial score (nSPS) is 14.4. The van der Waals surface area contributed by atoms with Gasteiger partial charge in [0, 0.05) is 32.4 Å². The van der Waals surface area contributed by atoms with Crippen LogP contribution in [0.2, 0.25) is 0 Å². The minimum absolute atomic E-state index is 0.0927. The van der Waals surface area contributed by atoms with Gasteiger partial charge in [0.05, 0.1) is 18.8 Å². The quantitative estimate of drug-likeness (QED) is 0.811. The Balaban J connectivity index is 1.61. The van der Waals surface area contributed by atoms with Crippen LogP contribution >= 0.6 is 0 Å². The van der Waals surface area contributed by atoms with Crippen molar-refractivity contribution in [3.63, 3.8) is 0 Å². The Kier molecular flexibility index (Phi) is 6.07. The minimum atomic E-state index is 0.0927. The van der Waals surface area contributed by atoms with Gasteiger partial charge in [0.2, 0.25) is 0 Å². The molecule has 0 aliphatic carbocycles. The number of anilines is 1. The molecule has 25 heavy (non-hydrogen) atoms. The number of morpholine rings is 1. The first-order chi connectivity index (χ1) is 12.3. The second-order valence-corrected chi connectivity index (χ2v) is 6.43. The van der Waals surface area contributed by atoms with Gasteiger partial charge in [-0.1, -0.05) is 42.5 Å². The highest BCUT2D eigenvalue weighted by Crippen LogP contribution is 2.22. The number of para-hydroxylation sites is 1. The summed E-state index contributed by atoms with van der Waals surface area (Å²) in [4.78, 5) is 17.0. The van der Waals surface area contributed by atoms with Crippen LogP contribution in [0, 0.1) is 0 Å². The van der Waals surface area contributed by atoms with Gasteiger partial charge >= 0.3 is 0 Å². The van der Waals surface area contributed by atoms with E-state index < -0.39 is 0 Å². The Bertz CT molecular complexity index is 681. The van der Waals surface area contributed by atoms with E-state index >= 15 is 0 Å². The maximum atomic E-state index is 12.9. The van der Waals surface area contributed by atoms with Crippen LogP contribution in [-0.4, -0.2) is 50.7 Å². The molecule has 4 nitrogen and oxygen atoms in total. The Morgan fingerprint density at radius 1 is 1.04 bits per heavy atom. The number of carbonyl (C=O) groups is 1. The zero-order valence-electron chi connectivity index (χ0n) is 14.9. The molecule has 3 rings (SSSR count). The maximum Gasteiger partial charge on any atom is 0.255 e. The third-order valence-electron chi connectivity index (χ3n) is 4.63. The molecule has 0 unspecified atom stereocenters. The summed E-state index contributed by atoms with van der Waals surface area (Å²) >= 11 is 0. The van der Waals surface area contributed by atoms with Crippen LogP contribution in [-0.2, 0) is 11.2 Å². The Morgan fingerprint density at radius 2 is 1.72 bits per heavy atom. The standard InChI is InChI=1S/C21H26N2O2/c1-22(13-7-10-18-8-3-2-4-9-18)21(24)19-11-5-6-12-20(19)23-14-16-25-17-15-23/h2-6,8-9,11-12H,7,10,13-17H2,1H3. The maximum absolute atomic E-state index is 12.9. The van der Waals surface area contributed by atoms with Crippen molar-refractivity contribution in [3.05, 3.63) is 65.7 Å². The molecule has 0 spiro atoms. The summed E-state index contributed by atoms with van der Waals surface area (Å²) in [5.74, 6) is 0.0927. The van der Waals surface area contributed by atoms with Crippen molar-refractivity contribution in [2.24, 2.45) is 0 Å². The summed E-state index contributed by atoms with van der Waals surface area (Å²) in [7, 11) is 1.89. The Morgan fingerprint density at radius 3 is 2.48 bits per heavy atom. The molecule has 0 saturated carbocycles. The molecule has 1 aliphatic heterocycles. The number of aryl methyl sites for hydroxylation is 1. The van der Waals surface area contributed by atoms with Gasteiger partial charge in [0.25, 0.3) is 5.91 Å². The van der Waals surface area contributed by atoms with Crippen molar-refractivity contribution in [1.82, 2.24) is 4.90 Å².